The monoisotopic (exact) mass is 233 g/mol. The van der Waals surface area contributed by atoms with Crippen molar-refractivity contribution >= 4 is 10.0 Å². The van der Waals surface area contributed by atoms with Gasteiger partial charge in [0.05, 0.1) is 5.75 Å². The summed E-state index contributed by atoms with van der Waals surface area (Å²) < 4.78 is 25.6. The second-order valence-corrected chi connectivity index (χ2v) is 6.42. The van der Waals surface area contributed by atoms with E-state index in [4.69, 9.17) is 0 Å². The Balaban J connectivity index is 2.11. The third-order valence-corrected chi connectivity index (χ3v) is 5.09. The molecule has 1 unspecified atom stereocenters. The molecular weight excluding hydrogens is 214 g/mol. The third-order valence-electron chi connectivity index (χ3n) is 3.18. The summed E-state index contributed by atoms with van der Waals surface area (Å²) in [4.78, 5) is 2.19. The van der Waals surface area contributed by atoms with Gasteiger partial charge in [0.25, 0.3) is 0 Å². The summed E-state index contributed by atoms with van der Waals surface area (Å²) in [5, 5.41) is 3.13. The van der Waals surface area contributed by atoms with E-state index in [9.17, 15) is 8.42 Å². The zero-order valence-electron chi connectivity index (χ0n) is 9.15. The molecule has 6 heteroatoms. The molecule has 0 aromatic rings. The first-order valence-electron chi connectivity index (χ1n) is 5.48. The van der Waals surface area contributed by atoms with Crippen LogP contribution in [0.4, 0.5) is 0 Å². The fraction of sp³-hybridized carbons (Fsp3) is 1.00. The van der Waals surface area contributed by atoms with Gasteiger partial charge in [-0.1, -0.05) is 0 Å². The zero-order chi connectivity index (χ0) is 10.9. The Kier molecular flexibility index (Phi) is 3.30. The third kappa shape index (κ3) is 2.50. The van der Waals surface area contributed by atoms with Crippen LogP contribution in [0.5, 0.6) is 0 Å². The number of likely N-dealkylation sites (tertiary alicyclic amines) is 1. The largest absolute Gasteiger partial charge is 0.314 e. The predicted molar refractivity (Wildman–Crippen MR) is 59.3 cm³/mol. The average molecular weight is 233 g/mol. The van der Waals surface area contributed by atoms with Crippen molar-refractivity contribution in [2.45, 2.75) is 12.5 Å². The highest BCUT2D eigenvalue weighted by atomic mass is 32.2. The van der Waals surface area contributed by atoms with E-state index >= 15 is 0 Å². The lowest BCUT2D eigenvalue weighted by molar-refractivity contribution is 0.315. The van der Waals surface area contributed by atoms with E-state index in [1.807, 2.05) is 7.05 Å². The lowest BCUT2D eigenvalue weighted by Gasteiger charge is -2.25. The second kappa shape index (κ2) is 4.37. The van der Waals surface area contributed by atoms with E-state index in [1.54, 1.807) is 4.31 Å². The summed E-state index contributed by atoms with van der Waals surface area (Å²) >= 11 is 0. The Bertz CT molecular complexity index is 317. The summed E-state index contributed by atoms with van der Waals surface area (Å²) in [6.45, 7) is 3.87. The summed E-state index contributed by atoms with van der Waals surface area (Å²) in [5.74, 6) is 0.243. The molecule has 15 heavy (non-hydrogen) atoms. The van der Waals surface area contributed by atoms with E-state index in [0.717, 1.165) is 26.1 Å². The maximum atomic E-state index is 12.0. The summed E-state index contributed by atoms with van der Waals surface area (Å²) in [6.07, 6.45) is 0.968. The number of hydrogen-bond acceptors (Lipinski definition) is 4. The van der Waals surface area contributed by atoms with Gasteiger partial charge in [0.2, 0.25) is 10.0 Å². The fourth-order valence-corrected chi connectivity index (χ4v) is 3.96. The first-order chi connectivity index (χ1) is 7.09. The van der Waals surface area contributed by atoms with Gasteiger partial charge < -0.3 is 10.2 Å². The molecule has 0 aliphatic carbocycles. The van der Waals surface area contributed by atoms with E-state index in [2.05, 4.69) is 10.2 Å². The van der Waals surface area contributed by atoms with Crippen LogP contribution in [0.1, 0.15) is 6.42 Å². The van der Waals surface area contributed by atoms with Crippen LogP contribution in [0.25, 0.3) is 0 Å². The van der Waals surface area contributed by atoms with Crippen molar-refractivity contribution in [3.63, 3.8) is 0 Å². The van der Waals surface area contributed by atoms with Gasteiger partial charge in [0.15, 0.2) is 0 Å². The molecule has 2 rings (SSSR count). The standard InChI is InChI=1S/C9H19N3O2S/c1-11-5-2-9(8-11)12-6-3-10-4-7-15(12,13)14/h9-10H,2-8H2,1H3. The van der Waals surface area contributed by atoms with E-state index in [1.165, 1.54) is 0 Å². The normalized spacial score (nSPS) is 34.1. The fourth-order valence-electron chi connectivity index (χ4n) is 2.33. The van der Waals surface area contributed by atoms with Crippen molar-refractivity contribution < 1.29 is 8.42 Å². The van der Waals surface area contributed by atoms with Crippen LogP contribution in [0.3, 0.4) is 0 Å². The molecule has 0 radical (unpaired) electrons. The van der Waals surface area contributed by atoms with Gasteiger partial charge >= 0.3 is 0 Å². The molecule has 0 saturated carbocycles. The Morgan fingerprint density at radius 2 is 2.07 bits per heavy atom. The molecule has 2 fully saturated rings. The van der Waals surface area contributed by atoms with Crippen LogP contribution < -0.4 is 5.32 Å². The van der Waals surface area contributed by atoms with Gasteiger partial charge in [-0.05, 0) is 20.0 Å². The molecule has 2 heterocycles. The van der Waals surface area contributed by atoms with Crippen LogP contribution >= 0.6 is 0 Å². The van der Waals surface area contributed by atoms with Crippen LogP contribution in [0.2, 0.25) is 0 Å². The quantitative estimate of drug-likeness (QED) is 0.626. The highest BCUT2D eigenvalue weighted by Gasteiger charge is 2.34. The highest BCUT2D eigenvalue weighted by molar-refractivity contribution is 7.89. The predicted octanol–water partition coefficient (Wildman–Crippen LogP) is -1.07. The Labute approximate surface area is 91.5 Å². The smallest absolute Gasteiger partial charge is 0.215 e. The second-order valence-electron chi connectivity index (χ2n) is 4.38. The van der Waals surface area contributed by atoms with E-state index in [-0.39, 0.29) is 11.8 Å². The zero-order valence-corrected chi connectivity index (χ0v) is 9.96. The maximum absolute atomic E-state index is 12.0. The lowest BCUT2D eigenvalue weighted by Crippen LogP contribution is -2.43. The molecule has 0 bridgehead atoms. The molecule has 2 aliphatic rings. The van der Waals surface area contributed by atoms with Crippen molar-refractivity contribution in [3.8, 4) is 0 Å². The highest BCUT2D eigenvalue weighted by Crippen LogP contribution is 2.18. The molecule has 2 aliphatic heterocycles. The van der Waals surface area contributed by atoms with Crippen molar-refractivity contribution in [2.75, 3.05) is 45.5 Å². The van der Waals surface area contributed by atoms with Gasteiger partial charge in [-0.15, -0.1) is 0 Å². The summed E-state index contributed by atoms with van der Waals surface area (Å²) in [7, 11) is -0.978. The summed E-state index contributed by atoms with van der Waals surface area (Å²) in [6, 6.07) is 0.194. The first-order valence-corrected chi connectivity index (χ1v) is 7.09. The molecule has 2 saturated heterocycles. The van der Waals surface area contributed by atoms with Crippen molar-refractivity contribution in [1.82, 2.24) is 14.5 Å². The van der Waals surface area contributed by atoms with Crippen LogP contribution in [-0.2, 0) is 10.0 Å². The Morgan fingerprint density at radius 3 is 2.73 bits per heavy atom. The Hall–Kier alpha value is -0.170. The topological polar surface area (TPSA) is 52.6 Å². The molecule has 0 aromatic carbocycles. The minimum Gasteiger partial charge on any atom is -0.314 e. The Morgan fingerprint density at radius 1 is 1.27 bits per heavy atom. The van der Waals surface area contributed by atoms with Crippen LogP contribution in [0, 0.1) is 0 Å². The molecular formula is C9H19N3O2S. The number of nitrogens with one attached hydrogen (secondary N) is 1. The van der Waals surface area contributed by atoms with Gasteiger partial charge in [0, 0.05) is 32.2 Å². The molecule has 1 N–H and O–H groups in total. The average Bonchev–Trinajstić information content (AvgIpc) is 2.49. The lowest BCUT2D eigenvalue weighted by atomic mass is 10.2. The van der Waals surface area contributed by atoms with Gasteiger partial charge in [-0.2, -0.15) is 4.31 Å². The van der Waals surface area contributed by atoms with E-state index in [0.29, 0.717) is 13.1 Å². The van der Waals surface area contributed by atoms with Gasteiger partial charge in [0.1, 0.15) is 0 Å². The van der Waals surface area contributed by atoms with Crippen molar-refractivity contribution in [3.05, 3.63) is 0 Å². The molecule has 0 amide bonds. The number of sulfonamides is 1. The minimum atomic E-state index is -3.02. The van der Waals surface area contributed by atoms with Gasteiger partial charge in [-0.25, -0.2) is 8.42 Å². The molecule has 88 valence electrons. The molecule has 0 spiro atoms. The number of nitrogens with zero attached hydrogens (tertiary/aromatic N) is 2. The number of likely N-dealkylation sites (N-methyl/N-ethyl adjacent to an activating group) is 1. The van der Waals surface area contributed by atoms with Crippen LogP contribution in [-0.4, -0.2) is 69.2 Å². The number of hydrogen-bond donors (Lipinski definition) is 1. The summed E-state index contributed by atoms with van der Waals surface area (Å²) in [5.41, 5.74) is 0. The van der Waals surface area contributed by atoms with Crippen molar-refractivity contribution in [2.24, 2.45) is 0 Å². The van der Waals surface area contributed by atoms with E-state index < -0.39 is 10.0 Å². The van der Waals surface area contributed by atoms with Gasteiger partial charge in [-0.3, -0.25) is 0 Å². The van der Waals surface area contributed by atoms with Crippen LogP contribution in [0.15, 0.2) is 0 Å². The first kappa shape index (κ1) is 11.3. The molecule has 1 atom stereocenters. The van der Waals surface area contributed by atoms with Crippen molar-refractivity contribution in [1.29, 1.82) is 0 Å². The maximum Gasteiger partial charge on any atom is 0.215 e. The molecule has 5 nitrogen and oxygen atoms in total. The SMILES string of the molecule is CN1CCC(N2CCNCCS2(=O)=O)C1. The number of rotatable bonds is 1. The molecule has 0 aromatic heterocycles. The minimum absolute atomic E-state index is 0.194.